The van der Waals surface area contributed by atoms with E-state index in [0.717, 1.165) is 24.5 Å². The van der Waals surface area contributed by atoms with Gasteiger partial charge in [-0.2, -0.15) is 5.90 Å². The van der Waals surface area contributed by atoms with Gasteiger partial charge in [-0.3, -0.25) is 0 Å². The lowest BCUT2D eigenvalue weighted by molar-refractivity contribution is -0.139. The number of allylic oxidation sites excluding steroid dienone is 1. The molecule has 0 aliphatic rings. The number of hydrogen-bond donors (Lipinski definition) is 1. The summed E-state index contributed by atoms with van der Waals surface area (Å²) < 4.78 is 16.7. The highest BCUT2D eigenvalue weighted by atomic mass is 28.4. The first-order valence-electron chi connectivity index (χ1n) is 8.85. The fourth-order valence-corrected chi connectivity index (χ4v) is 5.28. The van der Waals surface area contributed by atoms with E-state index in [4.69, 9.17) is 19.2 Å². The van der Waals surface area contributed by atoms with Crippen LogP contribution in [0.3, 0.4) is 0 Å². The molecule has 0 bridgehead atoms. The maximum Gasteiger partial charge on any atom is 0.532 e. The Morgan fingerprint density at radius 3 is 1.83 bits per heavy atom. The standard InChI is InChI=1S/C17H35NO5Si/c1-6-8-9-10-11-12-14-15(17(19)23-18)16(13-7-2)24(20-3,21-4)22-5/h6-14,18H2,1-5H3. The van der Waals surface area contributed by atoms with Crippen LogP contribution in [0.5, 0.6) is 0 Å². The van der Waals surface area contributed by atoms with Gasteiger partial charge >= 0.3 is 14.8 Å². The van der Waals surface area contributed by atoms with Gasteiger partial charge < -0.3 is 18.1 Å². The van der Waals surface area contributed by atoms with Crippen molar-refractivity contribution >= 4 is 14.8 Å². The van der Waals surface area contributed by atoms with Crippen LogP contribution >= 0.6 is 0 Å². The summed E-state index contributed by atoms with van der Waals surface area (Å²) in [4.78, 5) is 16.8. The van der Waals surface area contributed by atoms with Gasteiger partial charge in [0.1, 0.15) is 0 Å². The lowest BCUT2D eigenvalue weighted by Crippen LogP contribution is -2.47. The number of unbranched alkanes of at least 4 members (excludes halogenated alkanes) is 5. The molecule has 0 amide bonds. The second-order valence-corrected chi connectivity index (χ2v) is 8.74. The summed E-state index contributed by atoms with van der Waals surface area (Å²) in [6.07, 6.45) is 8.94. The van der Waals surface area contributed by atoms with E-state index >= 15 is 0 Å². The lowest BCUT2D eigenvalue weighted by atomic mass is 10.0. The molecule has 0 spiro atoms. The molecule has 2 N–H and O–H groups in total. The van der Waals surface area contributed by atoms with Crippen molar-refractivity contribution < 1.29 is 22.9 Å². The van der Waals surface area contributed by atoms with Gasteiger partial charge in [0.05, 0.1) is 0 Å². The molecular weight excluding hydrogens is 326 g/mol. The van der Waals surface area contributed by atoms with Crippen LogP contribution in [-0.4, -0.2) is 36.1 Å². The van der Waals surface area contributed by atoms with Crippen LogP contribution in [0.4, 0.5) is 0 Å². The zero-order chi connectivity index (χ0) is 18.4. The van der Waals surface area contributed by atoms with Crippen LogP contribution in [0.25, 0.3) is 0 Å². The Bertz CT molecular complexity index is 375. The molecule has 0 aromatic rings. The van der Waals surface area contributed by atoms with Crippen LogP contribution in [0.1, 0.15) is 71.6 Å². The molecule has 0 aliphatic carbocycles. The number of carbonyl (C=O) groups is 1. The topological polar surface area (TPSA) is 80.0 Å². The molecule has 0 saturated heterocycles. The van der Waals surface area contributed by atoms with E-state index < -0.39 is 14.8 Å². The fourth-order valence-electron chi connectivity index (χ4n) is 2.89. The molecule has 0 rings (SSSR count). The van der Waals surface area contributed by atoms with Gasteiger partial charge in [0.2, 0.25) is 0 Å². The third kappa shape index (κ3) is 7.02. The highest BCUT2D eigenvalue weighted by molar-refractivity contribution is 6.69. The maximum atomic E-state index is 12.2. The van der Waals surface area contributed by atoms with Crippen molar-refractivity contribution in [2.24, 2.45) is 5.90 Å². The van der Waals surface area contributed by atoms with Crippen molar-refractivity contribution in [2.75, 3.05) is 21.3 Å². The lowest BCUT2D eigenvalue weighted by Gasteiger charge is -2.28. The molecule has 0 radical (unpaired) electrons. The van der Waals surface area contributed by atoms with Crippen molar-refractivity contribution in [3.63, 3.8) is 0 Å². The van der Waals surface area contributed by atoms with Gasteiger partial charge in [-0.25, -0.2) is 4.79 Å². The minimum absolute atomic E-state index is 0.518. The summed E-state index contributed by atoms with van der Waals surface area (Å²) in [5, 5.41) is 0.779. The molecule has 0 aromatic carbocycles. The average Bonchev–Trinajstić information content (AvgIpc) is 2.62. The summed E-state index contributed by atoms with van der Waals surface area (Å²) in [7, 11) is 1.57. The summed E-state index contributed by atoms with van der Waals surface area (Å²) in [6.45, 7) is 4.23. The molecule has 0 aromatic heterocycles. The number of nitrogens with two attached hydrogens (primary N) is 1. The fraction of sp³-hybridized carbons (Fsp3) is 0.824. The first-order valence-corrected chi connectivity index (χ1v) is 10.6. The van der Waals surface area contributed by atoms with Gasteiger partial charge in [-0.15, -0.1) is 0 Å². The Hall–Kier alpha value is -0.733. The minimum atomic E-state index is -3.07. The van der Waals surface area contributed by atoms with Crippen molar-refractivity contribution in [2.45, 2.75) is 71.6 Å². The first kappa shape index (κ1) is 23.3. The monoisotopic (exact) mass is 361 g/mol. The third-order valence-corrected chi connectivity index (χ3v) is 7.08. The Balaban J connectivity index is 5.34. The molecule has 0 heterocycles. The molecule has 0 aliphatic heterocycles. The SMILES string of the molecule is CCCCCCCCC(C(=O)ON)=C(CCC)[Si](OC)(OC)OC. The molecular formula is C17H35NO5Si. The van der Waals surface area contributed by atoms with Crippen LogP contribution < -0.4 is 5.90 Å². The molecule has 142 valence electrons. The van der Waals surface area contributed by atoms with Crippen molar-refractivity contribution in [1.82, 2.24) is 0 Å². The van der Waals surface area contributed by atoms with Crippen LogP contribution in [-0.2, 0) is 22.9 Å². The van der Waals surface area contributed by atoms with Crippen LogP contribution in [0.15, 0.2) is 10.8 Å². The minimum Gasteiger partial charge on any atom is -0.374 e. The highest BCUT2D eigenvalue weighted by Gasteiger charge is 2.45. The number of carbonyl (C=O) groups excluding carboxylic acids is 1. The maximum absolute atomic E-state index is 12.2. The molecule has 7 heteroatoms. The largest absolute Gasteiger partial charge is 0.532 e. The van der Waals surface area contributed by atoms with E-state index in [0.29, 0.717) is 18.4 Å². The van der Waals surface area contributed by atoms with Crippen LogP contribution in [0, 0.1) is 0 Å². The molecule has 6 nitrogen and oxygen atoms in total. The van der Waals surface area contributed by atoms with Gasteiger partial charge in [-0.05, 0) is 19.3 Å². The number of hydrogen-bond acceptors (Lipinski definition) is 6. The molecule has 0 saturated carbocycles. The van der Waals surface area contributed by atoms with E-state index in [1.165, 1.54) is 25.7 Å². The zero-order valence-electron chi connectivity index (χ0n) is 16.0. The third-order valence-electron chi connectivity index (χ3n) is 4.17. The second-order valence-electron chi connectivity index (χ2n) is 5.80. The van der Waals surface area contributed by atoms with Gasteiger partial charge in [-0.1, -0.05) is 52.4 Å². The first-order chi connectivity index (χ1) is 11.6. The second kappa shape index (κ2) is 13.5. The molecule has 0 unspecified atom stereocenters. The number of rotatable bonds is 14. The molecule has 0 fully saturated rings. The van der Waals surface area contributed by atoms with E-state index in [-0.39, 0.29) is 0 Å². The van der Waals surface area contributed by atoms with E-state index in [1.54, 1.807) is 21.3 Å². The summed E-state index contributed by atoms with van der Waals surface area (Å²) in [6, 6.07) is 0. The highest BCUT2D eigenvalue weighted by Crippen LogP contribution is 2.29. The average molecular weight is 362 g/mol. The summed E-state index contributed by atoms with van der Waals surface area (Å²) >= 11 is 0. The van der Waals surface area contributed by atoms with Crippen molar-refractivity contribution in [1.29, 1.82) is 0 Å². The zero-order valence-corrected chi connectivity index (χ0v) is 17.0. The predicted octanol–water partition coefficient (Wildman–Crippen LogP) is 3.67. The Morgan fingerprint density at radius 1 is 0.833 bits per heavy atom. The quantitative estimate of drug-likeness (QED) is 0.220. The van der Waals surface area contributed by atoms with E-state index in [2.05, 4.69) is 11.8 Å². The van der Waals surface area contributed by atoms with Crippen molar-refractivity contribution in [3.8, 4) is 0 Å². The Morgan fingerprint density at radius 2 is 1.38 bits per heavy atom. The molecule has 24 heavy (non-hydrogen) atoms. The Kier molecular flexibility index (Phi) is 13.1. The van der Waals surface area contributed by atoms with E-state index in [1.807, 2.05) is 6.92 Å². The smallest absolute Gasteiger partial charge is 0.374 e. The van der Waals surface area contributed by atoms with E-state index in [9.17, 15) is 4.79 Å². The van der Waals surface area contributed by atoms with Gasteiger partial charge in [0.25, 0.3) is 0 Å². The van der Waals surface area contributed by atoms with Crippen LogP contribution in [0.2, 0.25) is 0 Å². The molecule has 0 atom stereocenters. The summed E-state index contributed by atoms with van der Waals surface area (Å²) in [5.41, 5.74) is 0.548. The normalized spacial score (nSPS) is 12.9. The predicted molar refractivity (Wildman–Crippen MR) is 97.0 cm³/mol. The van der Waals surface area contributed by atoms with Gasteiger partial charge in [0.15, 0.2) is 0 Å². The Labute approximate surface area is 148 Å². The summed E-state index contributed by atoms with van der Waals surface area (Å²) in [5.74, 6) is 4.64. The van der Waals surface area contributed by atoms with Crippen molar-refractivity contribution in [3.05, 3.63) is 10.8 Å². The van der Waals surface area contributed by atoms with Gasteiger partial charge in [0, 0.05) is 32.1 Å².